The van der Waals surface area contributed by atoms with E-state index in [1.807, 2.05) is 30.3 Å². The highest BCUT2D eigenvalue weighted by atomic mass is 16.6. The van der Waals surface area contributed by atoms with Crippen LogP contribution < -0.4 is 5.73 Å². The Labute approximate surface area is 202 Å². The smallest absolute Gasteiger partial charge is 0.228 e. The zero-order valence-corrected chi connectivity index (χ0v) is 20.5. The van der Waals surface area contributed by atoms with Gasteiger partial charge in [0.1, 0.15) is 18.6 Å². The normalized spacial score (nSPS) is 20.7. The summed E-state index contributed by atoms with van der Waals surface area (Å²) in [4.78, 5) is 31.7. The quantitative estimate of drug-likeness (QED) is 0.519. The van der Waals surface area contributed by atoms with Crippen LogP contribution in [0.15, 0.2) is 47.9 Å². The molecule has 0 radical (unpaired) electrons. The minimum Gasteiger partial charge on any atom is -0.399 e. The molecule has 1 amide bonds. The average Bonchev–Trinajstić information content (AvgIpc) is 2.87. The molecule has 4 heterocycles. The third-order valence-corrected chi connectivity index (χ3v) is 7.54. The molecule has 0 saturated carbocycles. The van der Waals surface area contributed by atoms with Gasteiger partial charge < -0.3 is 15.5 Å². The lowest BCUT2D eigenvalue weighted by Crippen LogP contribution is -2.51. The van der Waals surface area contributed by atoms with Crippen molar-refractivity contribution in [3.05, 3.63) is 54.0 Å². The molecule has 0 aromatic carbocycles. The van der Waals surface area contributed by atoms with Crippen molar-refractivity contribution < 1.29 is 9.63 Å². The molecule has 0 aliphatic carbocycles. The van der Waals surface area contributed by atoms with E-state index in [-0.39, 0.29) is 23.3 Å². The molecule has 2 saturated heterocycles. The van der Waals surface area contributed by atoms with E-state index in [0.29, 0.717) is 5.82 Å². The Bertz CT molecular complexity index is 995. The lowest BCUT2D eigenvalue weighted by Gasteiger charge is -2.44. The van der Waals surface area contributed by atoms with E-state index >= 15 is 0 Å². The van der Waals surface area contributed by atoms with Crippen LogP contribution in [0, 0.1) is 11.3 Å². The van der Waals surface area contributed by atoms with Gasteiger partial charge in [0.05, 0.1) is 5.69 Å². The van der Waals surface area contributed by atoms with Crippen LogP contribution in [-0.2, 0) is 9.63 Å². The first-order valence-corrected chi connectivity index (χ1v) is 12.2. The van der Waals surface area contributed by atoms with E-state index in [4.69, 9.17) is 10.6 Å². The number of carbonyl (C=O) groups is 1. The van der Waals surface area contributed by atoms with Crippen LogP contribution in [-0.4, -0.2) is 64.7 Å². The molecule has 0 unspecified atom stereocenters. The Morgan fingerprint density at radius 3 is 2.50 bits per heavy atom. The van der Waals surface area contributed by atoms with Crippen molar-refractivity contribution in [1.82, 2.24) is 19.8 Å². The summed E-state index contributed by atoms with van der Waals surface area (Å²) in [5.41, 5.74) is 8.45. The first-order valence-electron chi connectivity index (χ1n) is 12.2. The average molecular weight is 465 g/mol. The summed E-state index contributed by atoms with van der Waals surface area (Å²) >= 11 is 0. The van der Waals surface area contributed by atoms with Gasteiger partial charge in [-0.15, -0.1) is 0 Å². The molecule has 2 aliphatic heterocycles. The van der Waals surface area contributed by atoms with Crippen molar-refractivity contribution in [1.29, 1.82) is 0 Å². The van der Waals surface area contributed by atoms with Gasteiger partial charge in [-0.05, 0) is 75.5 Å². The number of nitrogen functional groups attached to an aromatic ring is 1. The highest BCUT2D eigenvalue weighted by molar-refractivity contribution is 6.00. The monoisotopic (exact) mass is 464 g/mol. The van der Waals surface area contributed by atoms with Crippen molar-refractivity contribution in [2.24, 2.45) is 16.5 Å². The third kappa shape index (κ3) is 5.22. The fourth-order valence-corrected chi connectivity index (χ4v) is 5.24. The first kappa shape index (κ1) is 24.1. The molecule has 8 heteroatoms. The van der Waals surface area contributed by atoms with Crippen LogP contribution in [0.1, 0.15) is 56.8 Å². The summed E-state index contributed by atoms with van der Waals surface area (Å²) in [6.07, 6.45) is 7.00. The Hall–Kier alpha value is -3.00. The van der Waals surface area contributed by atoms with E-state index in [2.05, 4.69) is 38.8 Å². The van der Waals surface area contributed by atoms with Crippen LogP contribution in [0.2, 0.25) is 0 Å². The van der Waals surface area contributed by atoms with E-state index in [1.54, 1.807) is 19.5 Å². The minimum atomic E-state index is -0.315. The Kier molecular flexibility index (Phi) is 7.46. The number of rotatable bonds is 6. The number of nitrogens with two attached hydrogens (primary N) is 1. The number of anilines is 1. The highest BCUT2D eigenvalue weighted by Crippen LogP contribution is 2.37. The van der Waals surface area contributed by atoms with Crippen LogP contribution in [0.5, 0.6) is 0 Å². The number of hydrogen-bond donors (Lipinski definition) is 1. The molecule has 4 rings (SSSR count). The van der Waals surface area contributed by atoms with Crippen molar-refractivity contribution in [2.45, 2.75) is 45.6 Å². The fraction of sp³-hybridized carbons (Fsp3) is 0.538. The number of likely N-dealkylation sites (tertiary alicyclic amines) is 2. The Morgan fingerprint density at radius 2 is 1.88 bits per heavy atom. The molecule has 182 valence electrons. The van der Waals surface area contributed by atoms with Crippen molar-refractivity contribution >= 4 is 17.4 Å². The molecular formula is C26H36N6O2. The first-order chi connectivity index (χ1) is 16.4. The summed E-state index contributed by atoms with van der Waals surface area (Å²) in [5.74, 6) is 1.07. The number of nitrogens with zero attached hydrogens (tertiary/aromatic N) is 5. The third-order valence-electron chi connectivity index (χ3n) is 7.54. The number of piperidine rings is 2. The molecule has 0 bridgehead atoms. The Balaban J connectivity index is 1.34. The van der Waals surface area contributed by atoms with E-state index in [0.717, 1.165) is 63.3 Å². The maximum atomic E-state index is 13.6. The Morgan fingerprint density at radius 1 is 1.15 bits per heavy atom. The fourth-order valence-electron chi connectivity index (χ4n) is 5.24. The second-order valence-corrected chi connectivity index (χ2v) is 9.73. The van der Waals surface area contributed by atoms with E-state index < -0.39 is 0 Å². The molecule has 2 aliphatic rings. The van der Waals surface area contributed by atoms with Gasteiger partial charge in [0.15, 0.2) is 0 Å². The van der Waals surface area contributed by atoms with Gasteiger partial charge in [-0.25, -0.2) is 4.98 Å². The van der Waals surface area contributed by atoms with Gasteiger partial charge in [-0.1, -0.05) is 18.1 Å². The summed E-state index contributed by atoms with van der Waals surface area (Å²) < 4.78 is 0. The van der Waals surface area contributed by atoms with E-state index in [1.165, 1.54) is 5.56 Å². The number of pyridine rings is 2. The highest BCUT2D eigenvalue weighted by Gasteiger charge is 2.41. The van der Waals surface area contributed by atoms with Crippen LogP contribution in [0.4, 0.5) is 5.82 Å². The predicted molar refractivity (Wildman–Crippen MR) is 133 cm³/mol. The number of carbonyl (C=O) groups excluding carboxylic acids is 1. The molecule has 0 spiro atoms. The van der Waals surface area contributed by atoms with Crippen molar-refractivity contribution in [3.8, 4) is 0 Å². The zero-order chi connectivity index (χ0) is 24.1. The maximum absolute atomic E-state index is 13.6. The second kappa shape index (κ2) is 10.5. The summed E-state index contributed by atoms with van der Waals surface area (Å²) in [6, 6.07) is 10.0. The van der Waals surface area contributed by atoms with Crippen LogP contribution >= 0.6 is 0 Å². The summed E-state index contributed by atoms with van der Waals surface area (Å²) in [6.45, 7) is 7.61. The zero-order valence-electron chi connectivity index (χ0n) is 20.5. The van der Waals surface area contributed by atoms with Gasteiger partial charge in [0.2, 0.25) is 5.91 Å². The van der Waals surface area contributed by atoms with E-state index in [9.17, 15) is 4.79 Å². The lowest BCUT2D eigenvalue weighted by molar-refractivity contribution is -0.145. The topological polar surface area (TPSA) is 96.9 Å². The van der Waals surface area contributed by atoms with Crippen molar-refractivity contribution in [3.63, 3.8) is 0 Å². The van der Waals surface area contributed by atoms with Gasteiger partial charge in [0, 0.05) is 42.9 Å². The molecule has 1 atom stereocenters. The van der Waals surface area contributed by atoms with Crippen molar-refractivity contribution in [2.75, 3.05) is 39.0 Å². The lowest BCUT2D eigenvalue weighted by atomic mass is 9.77. The van der Waals surface area contributed by atoms with Gasteiger partial charge in [-0.2, -0.15) is 0 Å². The molecule has 8 nitrogen and oxygen atoms in total. The maximum Gasteiger partial charge on any atom is 0.228 e. The summed E-state index contributed by atoms with van der Waals surface area (Å²) in [5, 5.41) is 4.28. The number of aromatic nitrogens is 2. The number of hydrogen-bond acceptors (Lipinski definition) is 7. The number of amides is 1. The number of oxime groups is 1. The van der Waals surface area contributed by atoms with Crippen LogP contribution in [0.25, 0.3) is 0 Å². The largest absolute Gasteiger partial charge is 0.399 e. The predicted octanol–water partition coefficient (Wildman–Crippen LogP) is 3.51. The van der Waals surface area contributed by atoms with Gasteiger partial charge >= 0.3 is 0 Å². The molecular weight excluding hydrogens is 428 g/mol. The summed E-state index contributed by atoms with van der Waals surface area (Å²) in [7, 11) is 1.57. The molecule has 2 fully saturated rings. The minimum absolute atomic E-state index is 0.238. The molecule has 2 aromatic rings. The van der Waals surface area contributed by atoms with Crippen LogP contribution in [0.3, 0.4) is 0 Å². The van der Waals surface area contributed by atoms with Gasteiger partial charge in [0.25, 0.3) is 0 Å². The molecule has 34 heavy (non-hydrogen) atoms. The van der Waals surface area contributed by atoms with Gasteiger partial charge in [-0.3, -0.25) is 14.7 Å². The standard InChI is InChI=1S/C26H36N6O2/c1-19(21-7-13-29-23(27)18-21)31-16-10-26(2,11-17-31)25(33)32-14-8-20(9-15-32)24(30-34-3)22-6-4-5-12-28-22/h4-7,12-13,18-20H,8-11,14-17H2,1-3H3,(H2,27,29)/b30-24-/t19-/m0/s1. The molecule has 2 aromatic heterocycles. The molecule has 2 N–H and O–H groups in total. The SMILES string of the molecule is CO/N=C(\c1ccccn1)C1CCN(C(=O)C2(C)CCN([C@@H](C)c3ccnc(N)c3)CC2)CC1. The second-order valence-electron chi connectivity index (χ2n) is 9.73.